The van der Waals surface area contributed by atoms with E-state index in [4.69, 9.17) is 0 Å². The van der Waals surface area contributed by atoms with Crippen LogP contribution in [-0.4, -0.2) is 4.61 Å². The normalized spacial score (nSPS) is 9.50. The van der Waals surface area contributed by atoms with E-state index in [9.17, 15) is 0 Å². The molecule has 0 atom stereocenters. The molecule has 1 heteroatoms. The molecule has 0 fully saturated rings. The first-order valence-corrected chi connectivity index (χ1v) is 2.99. The third-order valence-electron chi connectivity index (χ3n) is 0.440. The second-order valence-corrected chi connectivity index (χ2v) is 1.53. The van der Waals surface area contributed by atoms with Crippen molar-refractivity contribution < 1.29 is 17.9 Å². The molecule has 0 amide bonds. The molecular formula is C5H8Ru+. The van der Waals surface area contributed by atoms with E-state index in [0.717, 1.165) is 6.42 Å². The average molecular weight is 169 g/mol. The van der Waals surface area contributed by atoms with Crippen molar-refractivity contribution in [3.8, 4) is 0 Å². The van der Waals surface area contributed by atoms with Crippen molar-refractivity contribution in [3.63, 3.8) is 0 Å². The number of allylic oxidation sites excluding steroid dienone is 2. The van der Waals surface area contributed by atoms with Crippen LogP contribution in [0.4, 0.5) is 0 Å². The van der Waals surface area contributed by atoms with Crippen LogP contribution in [0.15, 0.2) is 12.2 Å². The molecule has 0 aliphatic heterocycles. The van der Waals surface area contributed by atoms with Gasteiger partial charge in [0.15, 0.2) is 0 Å². The van der Waals surface area contributed by atoms with Gasteiger partial charge in [0.25, 0.3) is 0 Å². The average Bonchev–Trinajstić information content (AvgIpc) is 1.61. The summed E-state index contributed by atoms with van der Waals surface area (Å²) < 4.78 is 1.96. The molecule has 0 aliphatic carbocycles. The van der Waals surface area contributed by atoms with Crippen molar-refractivity contribution in [2.75, 3.05) is 0 Å². The van der Waals surface area contributed by atoms with Crippen LogP contribution in [0, 0.1) is 0 Å². The molecule has 0 aliphatic rings. The Morgan fingerprint density at radius 3 is 2.50 bits per heavy atom. The maximum atomic E-state index is 2.44. The standard InChI is InChI=1S/C5H8.Ru/c1-3-5-4-2;/h1,3,5H,4H2,2H3;/q;+1/b5-3-;. The molecule has 0 nitrogen and oxygen atoms in total. The van der Waals surface area contributed by atoms with Gasteiger partial charge in [-0.2, -0.15) is 0 Å². The molecule has 0 spiro atoms. The third-order valence-corrected chi connectivity index (χ3v) is 0.774. The van der Waals surface area contributed by atoms with Crippen LogP contribution < -0.4 is 0 Å². The second kappa shape index (κ2) is 5.23. The third kappa shape index (κ3) is 4.23. The van der Waals surface area contributed by atoms with Crippen molar-refractivity contribution in [2.24, 2.45) is 0 Å². The van der Waals surface area contributed by atoms with Crippen LogP contribution in [0.5, 0.6) is 0 Å². The molecule has 0 aromatic heterocycles. The van der Waals surface area contributed by atoms with E-state index in [1.807, 2.05) is 10.7 Å². The molecule has 0 unspecified atom stereocenters. The molecule has 0 aromatic carbocycles. The number of hydrogen-bond donors (Lipinski definition) is 0. The van der Waals surface area contributed by atoms with Crippen molar-refractivity contribution in [1.29, 1.82) is 0 Å². The van der Waals surface area contributed by atoms with Gasteiger partial charge in [-0.15, -0.1) is 0 Å². The Hall–Kier alpha value is 0.233. The first-order valence-electron chi connectivity index (χ1n) is 1.99. The number of hydrogen-bond acceptors (Lipinski definition) is 0. The molecule has 0 saturated heterocycles. The van der Waals surface area contributed by atoms with Gasteiger partial charge in [-0.1, -0.05) is 0 Å². The van der Waals surface area contributed by atoms with Gasteiger partial charge in [-0.3, -0.25) is 0 Å². The fraction of sp³-hybridized carbons (Fsp3) is 0.400. The van der Waals surface area contributed by atoms with Crippen LogP contribution in [-0.2, 0) is 17.9 Å². The van der Waals surface area contributed by atoms with E-state index >= 15 is 0 Å². The van der Waals surface area contributed by atoms with Gasteiger partial charge < -0.3 is 0 Å². The number of rotatable bonds is 2. The molecule has 0 radical (unpaired) electrons. The van der Waals surface area contributed by atoms with Crippen molar-refractivity contribution in [2.45, 2.75) is 13.3 Å². The quantitative estimate of drug-likeness (QED) is 0.546. The van der Waals surface area contributed by atoms with Gasteiger partial charge in [0.2, 0.25) is 0 Å². The van der Waals surface area contributed by atoms with Gasteiger partial charge in [0.1, 0.15) is 0 Å². The maximum absolute atomic E-state index is 2.44. The van der Waals surface area contributed by atoms with Gasteiger partial charge in [-0.05, 0) is 0 Å². The van der Waals surface area contributed by atoms with E-state index in [1.54, 1.807) is 0 Å². The molecule has 0 rings (SSSR count). The molecule has 0 heterocycles. The predicted molar refractivity (Wildman–Crippen MR) is 25.5 cm³/mol. The summed E-state index contributed by atoms with van der Waals surface area (Å²) in [6.45, 7) is 2.12. The minimum atomic E-state index is 1.13. The van der Waals surface area contributed by atoms with Crippen LogP contribution in [0.2, 0.25) is 0 Å². The van der Waals surface area contributed by atoms with E-state index in [-0.39, 0.29) is 0 Å². The Labute approximate surface area is 48.5 Å². The van der Waals surface area contributed by atoms with Crippen molar-refractivity contribution in [3.05, 3.63) is 12.2 Å². The summed E-state index contributed by atoms with van der Waals surface area (Å²) in [5.74, 6) is 0. The van der Waals surface area contributed by atoms with Crippen LogP contribution in [0.25, 0.3) is 0 Å². The van der Waals surface area contributed by atoms with Crippen LogP contribution in [0.1, 0.15) is 13.3 Å². The van der Waals surface area contributed by atoms with Crippen molar-refractivity contribution >= 4 is 4.61 Å². The topological polar surface area (TPSA) is 0 Å². The minimum absolute atomic E-state index is 1.13. The van der Waals surface area contributed by atoms with E-state index in [1.165, 1.54) is 0 Å². The summed E-state index contributed by atoms with van der Waals surface area (Å²) in [5, 5.41) is 0. The Morgan fingerprint density at radius 1 is 1.67 bits per heavy atom. The Kier molecular flexibility index (Phi) is 5.44. The van der Waals surface area contributed by atoms with Gasteiger partial charge >= 0.3 is 48.0 Å². The van der Waals surface area contributed by atoms with Crippen molar-refractivity contribution in [1.82, 2.24) is 0 Å². The van der Waals surface area contributed by atoms with E-state index in [2.05, 4.69) is 30.9 Å². The molecule has 0 N–H and O–H groups in total. The molecule has 0 saturated carbocycles. The predicted octanol–water partition coefficient (Wildman–Crippen LogP) is 1.30. The summed E-state index contributed by atoms with van der Waals surface area (Å²) in [6.07, 6.45) is 5.26. The van der Waals surface area contributed by atoms with Crippen LogP contribution >= 0.6 is 0 Å². The zero-order valence-electron chi connectivity index (χ0n) is 3.79. The molecular weight excluding hydrogens is 161 g/mol. The fourth-order valence-electron chi connectivity index (χ4n) is 0.184. The summed E-state index contributed by atoms with van der Waals surface area (Å²) >= 11 is 2.44. The Bertz CT molecular complexity index is 55.0. The van der Waals surface area contributed by atoms with E-state index < -0.39 is 0 Å². The first-order chi connectivity index (χ1) is 2.91. The molecule has 6 heavy (non-hydrogen) atoms. The summed E-state index contributed by atoms with van der Waals surface area (Å²) in [6, 6.07) is 0. The molecule has 0 aromatic rings. The monoisotopic (exact) mass is 170 g/mol. The zero-order chi connectivity index (χ0) is 4.83. The zero-order valence-corrected chi connectivity index (χ0v) is 5.53. The summed E-state index contributed by atoms with van der Waals surface area (Å²) in [5.41, 5.74) is 0. The van der Waals surface area contributed by atoms with E-state index in [0.29, 0.717) is 0 Å². The van der Waals surface area contributed by atoms with Crippen LogP contribution in [0.3, 0.4) is 0 Å². The first kappa shape index (κ1) is 6.23. The Balaban J connectivity index is 2.94. The summed E-state index contributed by atoms with van der Waals surface area (Å²) in [4.78, 5) is 0. The second-order valence-electron chi connectivity index (χ2n) is 0.954. The molecule has 35 valence electrons. The summed E-state index contributed by atoms with van der Waals surface area (Å²) in [7, 11) is 0. The molecule has 0 bridgehead atoms. The Morgan fingerprint density at radius 2 is 2.33 bits per heavy atom. The van der Waals surface area contributed by atoms with Gasteiger partial charge in [0, 0.05) is 0 Å². The SMILES string of the molecule is CC/C=C\[CH]=[Ru+]. The fourth-order valence-corrected chi connectivity index (χ4v) is 0.421. The van der Waals surface area contributed by atoms with Gasteiger partial charge in [0.05, 0.1) is 0 Å². The van der Waals surface area contributed by atoms with Gasteiger partial charge in [-0.25, -0.2) is 0 Å².